The normalized spacial score (nSPS) is 32.7. The molecule has 154 valence electrons. The molecule has 5 unspecified atom stereocenters. The molecular formula is C16H31NO9. The van der Waals surface area contributed by atoms with Crippen LogP contribution in [0, 0.1) is 0 Å². The minimum atomic E-state index is -1.58. The number of carbonyl (C=O) groups excluding carboxylic acids is 1. The maximum absolute atomic E-state index is 12.0. The molecule has 1 amide bonds. The van der Waals surface area contributed by atoms with Crippen LogP contribution >= 0.6 is 0 Å². The first-order chi connectivity index (χ1) is 12.3. The highest BCUT2D eigenvalue weighted by atomic mass is 16.7. The van der Waals surface area contributed by atoms with Gasteiger partial charge >= 0.3 is 0 Å². The Labute approximate surface area is 152 Å². The van der Waals surface area contributed by atoms with Gasteiger partial charge in [-0.25, -0.2) is 0 Å². The Morgan fingerprint density at radius 3 is 2.35 bits per heavy atom. The zero-order valence-electron chi connectivity index (χ0n) is 15.1. The molecule has 0 aromatic carbocycles. The summed E-state index contributed by atoms with van der Waals surface area (Å²) in [5, 5.41) is 60.8. The van der Waals surface area contributed by atoms with E-state index < -0.39 is 61.5 Å². The number of carbonyl (C=O) groups is 1. The molecule has 1 aliphatic heterocycles. The lowest BCUT2D eigenvalue weighted by Crippen LogP contribution is -2.60. The van der Waals surface area contributed by atoms with Crippen LogP contribution in [0.5, 0.6) is 0 Å². The van der Waals surface area contributed by atoms with E-state index >= 15 is 0 Å². The molecular weight excluding hydrogens is 350 g/mol. The Hall–Kier alpha value is -0.850. The molecule has 26 heavy (non-hydrogen) atoms. The number of nitrogens with one attached hydrogen (secondary N) is 1. The van der Waals surface area contributed by atoms with E-state index in [1.54, 1.807) is 6.92 Å². The van der Waals surface area contributed by atoms with Gasteiger partial charge in [-0.05, 0) is 12.8 Å². The van der Waals surface area contributed by atoms with Gasteiger partial charge in [0.25, 0.3) is 0 Å². The molecule has 0 bridgehead atoms. The molecule has 8 atom stereocenters. The fraction of sp³-hybridized carbons (Fsp3) is 0.938. The third-order valence-corrected chi connectivity index (χ3v) is 4.36. The molecule has 0 aliphatic carbocycles. The van der Waals surface area contributed by atoms with Gasteiger partial charge in [0.2, 0.25) is 5.91 Å². The van der Waals surface area contributed by atoms with Crippen LogP contribution in [0.15, 0.2) is 0 Å². The minimum absolute atomic E-state index is 0.272. The average Bonchev–Trinajstić information content (AvgIpc) is 2.63. The molecule has 1 saturated heterocycles. The van der Waals surface area contributed by atoms with Crippen LogP contribution in [-0.4, -0.2) is 98.7 Å². The summed E-state index contributed by atoms with van der Waals surface area (Å²) in [4.78, 5) is 12.0. The summed E-state index contributed by atoms with van der Waals surface area (Å²) in [5.41, 5.74) is 0. The second-order valence-corrected chi connectivity index (χ2v) is 6.43. The van der Waals surface area contributed by atoms with Crippen molar-refractivity contribution in [3.05, 3.63) is 0 Å². The lowest BCUT2D eigenvalue weighted by molar-refractivity contribution is -0.302. The van der Waals surface area contributed by atoms with Crippen LogP contribution in [0.2, 0.25) is 0 Å². The molecule has 1 fully saturated rings. The van der Waals surface area contributed by atoms with Crippen molar-refractivity contribution in [3.63, 3.8) is 0 Å². The summed E-state index contributed by atoms with van der Waals surface area (Å²) < 4.78 is 10.6. The minimum Gasteiger partial charge on any atom is -0.394 e. The van der Waals surface area contributed by atoms with Crippen molar-refractivity contribution in [1.29, 1.82) is 0 Å². The van der Waals surface area contributed by atoms with Gasteiger partial charge in [0.15, 0.2) is 6.29 Å². The van der Waals surface area contributed by atoms with E-state index in [4.69, 9.17) is 14.6 Å². The fourth-order valence-electron chi connectivity index (χ4n) is 2.62. The van der Waals surface area contributed by atoms with E-state index in [1.165, 1.54) is 0 Å². The molecule has 0 saturated carbocycles. The van der Waals surface area contributed by atoms with Crippen molar-refractivity contribution in [2.24, 2.45) is 0 Å². The zero-order valence-corrected chi connectivity index (χ0v) is 15.1. The Kier molecular flexibility index (Phi) is 9.90. The van der Waals surface area contributed by atoms with Gasteiger partial charge in [-0.2, -0.15) is 0 Å². The van der Waals surface area contributed by atoms with Gasteiger partial charge in [-0.1, -0.05) is 20.3 Å². The van der Waals surface area contributed by atoms with Crippen LogP contribution in [0.25, 0.3) is 0 Å². The summed E-state index contributed by atoms with van der Waals surface area (Å²) in [6.07, 6.45) is -8.15. The third-order valence-electron chi connectivity index (χ3n) is 4.36. The van der Waals surface area contributed by atoms with Crippen molar-refractivity contribution >= 4 is 5.91 Å². The SMILES string of the molecule is CCC[C@H](O)C(=O)N[C@@H](COC1OC(CO)C(O)C(O)C1O)[C@H](O)CC. The molecule has 10 heteroatoms. The molecule has 10 nitrogen and oxygen atoms in total. The first kappa shape index (κ1) is 23.2. The summed E-state index contributed by atoms with van der Waals surface area (Å²) in [6, 6.07) is -0.883. The van der Waals surface area contributed by atoms with Gasteiger partial charge in [-0.15, -0.1) is 0 Å². The van der Waals surface area contributed by atoms with Crippen LogP contribution in [0.1, 0.15) is 33.1 Å². The highest BCUT2D eigenvalue weighted by Crippen LogP contribution is 2.22. The third kappa shape index (κ3) is 6.10. The number of hydrogen-bond donors (Lipinski definition) is 7. The number of aliphatic hydroxyl groups is 6. The van der Waals surface area contributed by atoms with E-state index in [-0.39, 0.29) is 13.0 Å². The smallest absolute Gasteiger partial charge is 0.249 e. The van der Waals surface area contributed by atoms with Crippen molar-refractivity contribution in [2.45, 2.75) is 82.1 Å². The molecule has 1 heterocycles. The van der Waals surface area contributed by atoms with Crippen molar-refractivity contribution in [1.82, 2.24) is 5.32 Å². The largest absolute Gasteiger partial charge is 0.394 e. The van der Waals surface area contributed by atoms with E-state index in [0.717, 1.165) is 0 Å². The molecule has 0 aromatic rings. The van der Waals surface area contributed by atoms with Crippen LogP contribution in [-0.2, 0) is 14.3 Å². The monoisotopic (exact) mass is 381 g/mol. The van der Waals surface area contributed by atoms with Crippen LogP contribution in [0.3, 0.4) is 0 Å². The highest BCUT2D eigenvalue weighted by molar-refractivity contribution is 5.80. The van der Waals surface area contributed by atoms with Gasteiger partial charge < -0.3 is 45.4 Å². The molecule has 1 aliphatic rings. The molecule has 1 rings (SSSR count). The quantitative estimate of drug-likeness (QED) is 0.212. The molecule has 0 radical (unpaired) electrons. The number of ether oxygens (including phenoxy) is 2. The molecule has 0 spiro atoms. The molecule has 0 aromatic heterocycles. The van der Waals surface area contributed by atoms with E-state index in [0.29, 0.717) is 12.8 Å². The summed E-state index contributed by atoms with van der Waals surface area (Å²) in [6.45, 7) is 2.64. The predicted octanol–water partition coefficient (Wildman–Crippen LogP) is -2.78. The van der Waals surface area contributed by atoms with E-state index in [1.807, 2.05) is 6.92 Å². The van der Waals surface area contributed by atoms with Crippen molar-refractivity contribution < 1.29 is 44.9 Å². The van der Waals surface area contributed by atoms with Crippen molar-refractivity contribution in [2.75, 3.05) is 13.2 Å². The number of hydrogen-bond acceptors (Lipinski definition) is 9. The van der Waals surface area contributed by atoms with Gasteiger partial charge in [-0.3, -0.25) is 4.79 Å². The second-order valence-electron chi connectivity index (χ2n) is 6.43. The Morgan fingerprint density at radius 2 is 1.81 bits per heavy atom. The second kappa shape index (κ2) is 11.1. The lowest BCUT2D eigenvalue weighted by Gasteiger charge is -2.40. The molecule has 7 N–H and O–H groups in total. The first-order valence-corrected chi connectivity index (χ1v) is 8.85. The van der Waals surface area contributed by atoms with Gasteiger partial charge in [0.05, 0.1) is 25.4 Å². The van der Waals surface area contributed by atoms with Crippen LogP contribution in [0.4, 0.5) is 0 Å². The van der Waals surface area contributed by atoms with Crippen LogP contribution < -0.4 is 5.32 Å². The van der Waals surface area contributed by atoms with Gasteiger partial charge in [0.1, 0.15) is 30.5 Å². The zero-order chi connectivity index (χ0) is 19.9. The van der Waals surface area contributed by atoms with Gasteiger partial charge in [0, 0.05) is 0 Å². The Balaban J connectivity index is 2.69. The summed E-state index contributed by atoms with van der Waals surface area (Å²) in [7, 11) is 0. The lowest BCUT2D eigenvalue weighted by atomic mass is 9.99. The van der Waals surface area contributed by atoms with E-state index in [2.05, 4.69) is 5.32 Å². The maximum Gasteiger partial charge on any atom is 0.249 e. The predicted molar refractivity (Wildman–Crippen MR) is 88.9 cm³/mol. The van der Waals surface area contributed by atoms with Crippen molar-refractivity contribution in [3.8, 4) is 0 Å². The number of aliphatic hydroxyl groups excluding tert-OH is 6. The average molecular weight is 381 g/mol. The topological polar surface area (TPSA) is 169 Å². The first-order valence-electron chi connectivity index (χ1n) is 8.85. The Bertz CT molecular complexity index is 423. The fourth-order valence-corrected chi connectivity index (χ4v) is 2.62. The number of rotatable bonds is 10. The Morgan fingerprint density at radius 1 is 1.15 bits per heavy atom. The summed E-state index contributed by atoms with van der Waals surface area (Å²) in [5.74, 6) is -0.651. The number of amides is 1. The maximum atomic E-state index is 12.0. The standard InChI is InChI=1S/C16H31NO9/c1-3-5-10(20)15(24)17-8(9(19)4-2)7-25-16-14(23)13(22)12(21)11(6-18)26-16/h8-14,16,18-23H,3-7H2,1-2H3,(H,17,24)/t8-,9+,10-,11?,12?,13?,14?,16?/m0/s1. The summed E-state index contributed by atoms with van der Waals surface area (Å²) >= 11 is 0. The highest BCUT2D eigenvalue weighted by Gasteiger charge is 2.44. The van der Waals surface area contributed by atoms with E-state index in [9.17, 15) is 30.3 Å².